The van der Waals surface area contributed by atoms with Gasteiger partial charge in [-0.1, -0.05) is 20.8 Å². The average molecular weight is 172 g/mol. The monoisotopic (exact) mass is 172 g/mol. The zero-order chi connectivity index (χ0) is 9.35. The Morgan fingerprint density at radius 3 is 2.25 bits per heavy atom. The fourth-order valence-corrected chi connectivity index (χ4v) is 0.830. The molecule has 0 aromatic carbocycles. The first-order valence-electron chi connectivity index (χ1n) is 3.60. The topological polar surface area (TPSA) is 25.8 Å². The van der Waals surface area contributed by atoms with E-state index in [9.17, 15) is 8.78 Å². The normalized spacial score (nSPS) is 11.8. The molecule has 0 aliphatic heterocycles. The van der Waals surface area contributed by atoms with Crippen molar-refractivity contribution in [3.05, 3.63) is 23.8 Å². The Balaban J connectivity index is 3.23. The summed E-state index contributed by atoms with van der Waals surface area (Å²) in [5, 5.41) is 0. The van der Waals surface area contributed by atoms with Gasteiger partial charge in [-0.25, -0.2) is 9.97 Å². The van der Waals surface area contributed by atoms with E-state index in [4.69, 9.17) is 0 Å². The maximum atomic E-state index is 12.9. The van der Waals surface area contributed by atoms with Gasteiger partial charge in [-0.3, -0.25) is 0 Å². The Hall–Kier alpha value is -1.06. The molecule has 66 valence electrons. The van der Waals surface area contributed by atoms with Gasteiger partial charge in [0.05, 0.1) is 6.20 Å². The van der Waals surface area contributed by atoms with E-state index in [-0.39, 0.29) is 5.69 Å². The van der Waals surface area contributed by atoms with Crippen LogP contribution in [0.1, 0.15) is 26.5 Å². The van der Waals surface area contributed by atoms with Crippen LogP contribution in [0.5, 0.6) is 0 Å². The first-order valence-corrected chi connectivity index (χ1v) is 3.60. The minimum atomic E-state index is -0.749. The standard InChI is InChI=1S/C8H10F2N2/c1-8(2,3)6-7(10)11-4-5(9)12-6/h4H,1-3H3. The second-order valence-corrected chi connectivity index (χ2v) is 3.58. The minimum absolute atomic E-state index is 0.0579. The molecule has 0 aliphatic rings. The lowest BCUT2D eigenvalue weighted by atomic mass is 9.92. The highest BCUT2D eigenvalue weighted by molar-refractivity contribution is 5.10. The molecule has 0 N–H and O–H groups in total. The van der Waals surface area contributed by atoms with E-state index in [0.717, 1.165) is 6.20 Å². The summed E-state index contributed by atoms with van der Waals surface area (Å²) in [5.74, 6) is -1.45. The van der Waals surface area contributed by atoms with Crippen LogP contribution in [0.2, 0.25) is 0 Å². The summed E-state index contributed by atoms with van der Waals surface area (Å²) in [4.78, 5) is 6.68. The molecule has 0 spiro atoms. The van der Waals surface area contributed by atoms with Crippen LogP contribution < -0.4 is 0 Å². The second kappa shape index (κ2) is 2.77. The Morgan fingerprint density at radius 2 is 1.83 bits per heavy atom. The van der Waals surface area contributed by atoms with Crippen LogP contribution in [0.15, 0.2) is 6.20 Å². The highest BCUT2D eigenvalue weighted by atomic mass is 19.1. The third kappa shape index (κ3) is 1.75. The Labute approximate surface area is 69.7 Å². The minimum Gasteiger partial charge on any atom is -0.222 e. The Kier molecular flexibility index (Phi) is 2.08. The fourth-order valence-electron chi connectivity index (χ4n) is 0.830. The summed E-state index contributed by atoms with van der Waals surface area (Å²) in [6, 6.07) is 0. The summed E-state index contributed by atoms with van der Waals surface area (Å²) in [7, 11) is 0. The van der Waals surface area contributed by atoms with Crippen LogP contribution in [-0.2, 0) is 5.41 Å². The maximum Gasteiger partial charge on any atom is 0.235 e. The van der Waals surface area contributed by atoms with Gasteiger partial charge in [0.1, 0.15) is 5.69 Å². The van der Waals surface area contributed by atoms with E-state index in [1.165, 1.54) is 0 Å². The quantitative estimate of drug-likeness (QED) is 0.598. The Bertz CT molecular complexity index is 292. The van der Waals surface area contributed by atoms with Gasteiger partial charge >= 0.3 is 0 Å². The van der Waals surface area contributed by atoms with E-state index < -0.39 is 17.3 Å². The van der Waals surface area contributed by atoms with Gasteiger partial charge in [0.25, 0.3) is 0 Å². The fraction of sp³-hybridized carbons (Fsp3) is 0.500. The van der Waals surface area contributed by atoms with Crippen molar-refractivity contribution in [1.82, 2.24) is 9.97 Å². The molecule has 4 heteroatoms. The van der Waals surface area contributed by atoms with Gasteiger partial charge < -0.3 is 0 Å². The van der Waals surface area contributed by atoms with Crippen LogP contribution in [0.25, 0.3) is 0 Å². The summed E-state index contributed by atoms with van der Waals surface area (Å²) < 4.78 is 25.5. The molecular weight excluding hydrogens is 162 g/mol. The molecule has 0 atom stereocenters. The summed E-state index contributed by atoms with van der Waals surface area (Å²) in [5.41, 5.74) is -0.457. The number of hydrogen-bond donors (Lipinski definition) is 0. The van der Waals surface area contributed by atoms with E-state index in [2.05, 4.69) is 9.97 Å². The van der Waals surface area contributed by atoms with Crippen LogP contribution >= 0.6 is 0 Å². The average Bonchev–Trinajstić information content (AvgIpc) is 1.92. The smallest absolute Gasteiger partial charge is 0.222 e. The zero-order valence-electron chi connectivity index (χ0n) is 7.23. The molecule has 0 unspecified atom stereocenters. The summed E-state index contributed by atoms with van der Waals surface area (Å²) >= 11 is 0. The van der Waals surface area contributed by atoms with Crippen molar-refractivity contribution >= 4 is 0 Å². The van der Waals surface area contributed by atoms with Crippen molar-refractivity contribution in [1.29, 1.82) is 0 Å². The number of rotatable bonds is 0. The molecule has 0 fully saturated rings. The number of hydrogen-bond acceptors (Lipinski definition) is 2. The molecule has 0 saturated carbocycles. The lowest BCUT2D eigenvalue weighted by Crippen LogP contribution is -2.17. The molecule has 1 aromatic rings. The largest absolute Gasteiger partial charge is 0.235 e. The van der Waals surface area contributed by atoms with Gasteiger partial charge in [0.15, 0.2) is 0 Å². The molecule has 1 rings (SSSR count). The van der Waals surface area contributed by atoms with Gasteiger partial charge in [-0.2, -0.15) is 8.78 Å². The SMILES string of the molecule is CC(C)(C)c1nc(F)cnc1F. The third-order valence-electron chi connectivity index (χ3n) is 1.41. The number of halogens is 2. The van der Waals surface area contributed by atoms with Gasteiger partial charge in [0.2, 0.25) is 11.9 Å². The third-order valence-corrected chi connectivity index (χ3v) is 1.41. The second-order valence-electron chi connectivity index (χ2n) is 3.58. The predicted octanol–water partition coefficient (Wildman–Crippen LogP) is 2.05. The lowest BCUT2D eigenvalue weighted by Gasteiger charge is -2.16. The van der Waals surface area contributed by atoms with Crippen LogP contribution in [0.3, 0.4) is 0 Å². The van der Waals surface area contributed by atoms with Crippen LogP contribution in [0.4, 0.5) is 8.78 Å². The lowest BCUT2D eigenvalue weighted by molar-refractivity contribution is 0.450. The highest BCUT2D eigenvalue weighted by Crippen LogP contribution is 2.21. The first kappa shape index (κ1) is 9.03. The van der Waals surface area contributed by atoms with Gasteiger partial charge in [-0.15, -0.1) is 0 Å². The van der Waals surface area contributed by atoms with E-state index in [0.29, 0.717) is 0 Å². The molecule has 1 aromatic heterocycles. The molecule has 0 radical (unpaired) electrons. The van der Waals surface area contributed by atoms with Crippen molar-refractivity contribution in [3.8, 4) is 0 Å². The van der Waals surface area contributed by atoms with Gasteiger partial charge in [-0.05, 0) is 0 Å². The molecule has 12 heavy (non-hydrogen) atoms. The number of aromatic nitrogens is 2. The van der Waals surface area contributed by atoms with Gasteiger partial charge in [0, 0.05) is 5.41 Å². The molecule has 0 saturated heterocycles. The van der Waals surface area contributed by atoms with Crippen molar-refractivity contribution in [2.75, 3.05) is 0 Å². The van der Waals surface area contributed by atoms with Crippen LogP contribution in [-0.4, -0.2) is 9.97 Å². The molecule has 1 heterocycles. The molecule has 0 aliphatic carbocycles. The van der Waals surface area contributed by atoms with E-state index in [1.807, 2.05) is 0 Å². The summed E-state index contributed by atoms with van der Waals surface area (Å²) in [6.07, 6.45) is 0.768. The van der Waals surface area contributed by atoms with E-state index >= 15 is 0 Å². The maximum absolute atomic E-state index is 12.9. The predicted molar refractivity (Wildman–Crippen MR) is 40.6 cm³/mol. The molecule has 2 nitrogen and oxygen atoms in total. The van der Waals surface area contributed by atoms with Crippen molar-refractivity contribution in [3.63, 3.8) is 0 Å². The van der Waals surface area contributed by atoms with Crippen molar-refractivity contribution in [2.45, 2.75) is 26.2 Å². The highest BCUT2D eigenvalue weighted by Gasteiger charge is 2.21. The molecule has 0 bridgehead atoms. The van der Waals surface area contributed by atoms with Crippen LogP contribution in [0, 0.1) is 11.9 Å². The van der Waals surface area contributed by atoms with Crippen molar-refractivity contribution in [2.24, 2.45) is 0 Å². The molecule has 0 amide bonds. The number of nitrogens with zero attached hydrogens (tertiary/aromatic N) is 2. The summed E-state index contributed by atoms with van der Waals surface area (Å²) in [6.45, 7) is 5.25. The Morgan fingerprint density at radius 1 is 1.25 bits per heavy atom. The first-order chi connectivity index (χ1) is 5.41. The zero-order valence-corrected chi connectivity index (χ0v) is 7.23. The van der Waals surface area contributed by atoms with Crippen molar-refractivity contribution < 1.29 is 8.78 Å². The molecular formula is C8H10F2N2. The van der Waals surface area contributed by atoms with E-state index in [1.54, 1.807) is 20.8 Å².